The van der Waals surface area contributed by atoms with E-state index in [0.29, 0.717) is 22.9 Å². The molecule has 0 atom stereocenters. The number of nitrogens with zero attached hydrogens (tertiary/aromatic N) is 3. The van der Waals surface area contributed by atoms with Gasteiger partial charge in [0.25, 0.3) is 10.1 Å². The topological polar surface area (TPSA) is 204 Å². The lowest BCUT2D eigenvalue weighted by molar-refractivity contribution is 0.106. The van der Waals surface area contributed by atoms with Gasteiger partial charge in [-0.3, -0.25) is 14.8 Å². The molecule has 0 bridgehead atoms. The van der Waals surface area contributed by atoms with Crippen molar-refractivity contribution in [3.05, 3.63) is 64.6 Å². The molecule has 0 fully saturated rings. The molecular formula is C27H27N5O9S. The first-order valence-electron chi connectivity index (χ1n) is 12.2. The summed E-state index contributed by atoms with van der Waals surface area (Å²) in [7, 11) is -0.563. The van der Waals surface area contributed by atoms with Gasteiger partial charge in [0.2, 0.25) is 5.78 Å². The molecule has 0 radical (unpaired) electrons. The zero-order chi connectivity index (χ0) is 30.4. The van der Waals surface area contributed by atoms with Gasteiger partial charge in [-0.15, -0.1) is 10.2 Å². The van der Waals surface area contributed by atoms with Crippen LogP contribution in [0.3, 0.4) is 0 Å². The van der Waals surface area contributed by atoms with Gasteiger partial charge in [-0.05, 0) is 42.0 Å². The fourth-order valence-electron chi connectivity index (χ4n) is 3.91. The Morgan fingerprint density at radius 2 is 1.64 bits per heavy atom. The highest BCUT2D eigenvalue weighted by atomic mass is 32.2. The van der Waals surface area contributed by atoms with Gasteiger partial charge in [0.05, 0.1) is 27.9 Å². The normalized spacial score (nSPS) is 14.0. The van der Waals surface area contributed by atoms with E-state index < -0.39 is 26.5 Å². The third-order valence-corrected chi connectivity index (χ3v) is 6.77. The van der Waals surface area contributed by atoms with Crippen LogP contribution in [0.25, 0.3) is 6.08 Å². The predicted octanol–water partition coefficient (Wildman–Crippen LogP) is 3.97. The number of fused-ring (bicyclic) bond motifs is 1. The van der Waals surface area contributed by atoms with Crippen LogP contribution in [0.1, 0.15) is 15.9 Å². The number of anilines is 2. The van der Waals surface area contributed by atoms with Crippen LogP contribution >= 0.6 is 0 Å². The summed E-state index contributed by atoms with van der Waals surface area (Å²) < 4.78 is 55.7. The molecular weight excluding hydrogens is 570 g/mol. The number of allylic oxidation sites excluding steroid dienone is 1. The van der Waals surface area contributed by atoms with Gasteiger partial charge in [-0.2, -0.15) is 13.5 Å². The number of methoxy groups -OCH3 is 3. The molecule has 0 aromatic heterocycles. The van der Waals surface area contributed by atoms with Crippen LogP contribution in [0.15, 0.2) is 68.8 Å². The number of Topliss-reactive ketones (excluding diaryl/α,β-unsaturated/α-hetero) is 1. The van der Waals surface area contributed by atoms with Crippen molar-refractivity contribution < 1.29 is 41.8 Å². The molecule has 14 nitrogen and oxygen atoms in total. The highest BCUT2D eigenvalue weighted by Crippen LogP contribution is 2.40. The number of ketones is 1. The minimum Gasteiger partial charge on any atom is -0.497 e. The molecule has 0 unspecified atom stereocenters. The number of hydrogen-bond acceptors (Lipinski definition) is 13. The third-order valence-electron chi connectivity index (χ3n) is 5.90. The number of hydrazone groups is 1. The van der Waals surface area contributed by atoms with Gasteiger partial charge in [-0.25, -0.2) is 0 Å². The number of aliphatic hydroxyl groups excluding tert-OH is 1. The summed E-state index contributed by atoms with van der Waals surface area (Å²) in [5, 5.41) is 21.6. The summed E-state index contributed by atoms with van der Waals surface area (Å²) in [6, 6.07) is 12.2. The van der Waals surface area contributed by atoms with E-state index in [4.69, 9.17) is 29.8 Å². The van der Waals surface area contributed by atoms with E-state index in [1.165, 1.54) is 51.7 Å². The average molecular weight is 598 g/mol. The third kappa shape index (κ3) is 6.49. The molecule has 0 saturated carbocycles. The number of carbonyl (C=O) groups excluding carboxylic acids is 1. The number of nitrogens with one attached hydrogen (secondary N) is 1. The first-order chi connectivity index (χ1) is 20.1. The van der Waals surface area contributed by atoms with Crippen molar-refractivity contribution in [2.75, 3.05) is 45.7 Å². The molecule has 0 saturated heterocycles. The number of nitrogens with two attached hydrogens (primary N) is 1. The van der Waals surface area contributed by atoms with Gasteiger partial charge in [0.1, 0.15) is 45.8 Å². The van der Waals surface area contributed by atoms with Crippen molar-refractivity contribution in [2.24, 2.45) is 15.3 Å². The molecule has 1 aliphatic carbocycles. The molecule has 0 aliphatic heterocycles. The first kappa shape index (κ1) is 30.0. The van der Waals surface area contributed by atoms with Crippen LogP contribution in [-0.2, 0) is 10.1 Å². The Hall–Kier alpha value is -4.99. The highest BCUT2D eigenvalue weighted by molar-refractivity contribution is 7.91. The summed E-state index contributed by atoms with van der Waals surface area (Å²) in [6.07, 6.45) is 1.11. The Morgan fingerprint density at radius 3 is 2.31 bits per heavy atom. The van der Waals surface area contributed by atoms with Crippen LogP contribution in [0.4, 0.5) is 22.7 Å². The number of aliphatic hydroxyl groups is 1. The van der Waals surface area contributed by atoms with Crippen molar-refractivity contribution in [2.45, 2.75) is 0 Å². The number of nitrogen functional groups attached to an aromatic ring is 1. The molecule has 3 aromatic carbocycles. The number of hydrogen-bond donors (Lipinski definition) is 4. The number of benzene rings is 3. The molecule has 4 rings (SSSR count). The quantitative estimate of drug-likeness (QED) is 0.108. The fraction of sp³-hybridized carbons (Fsp3) is 0.185. The second kappa shape index (κ2) is 12.7. The van der Waals surface area contributed by atoms with Crippen LogP contribution in [0.5, 0.6) is 23.0 Å². The van der Waals surface area contributed by atoms with Crippen LogP contribution < -0.4 is 30.1 Å². The zero-order valence-electron chi connectivity index (χ0n) is 22.7. The summed E-state index contributed by atoms with van der Waals surface area (Å²) in [5.74, 6) is 0.512. The SMILES string of the molecule is COc1ccc(/N=N/c2cc(OC)c(N/N=C3\C(=O)c4ccc(N)cc4C=C3S(=O)(=O)O)cc2OC)c(OCCO)c1. The smallest absolute Gasteiger partial charge is 0.296 e. The van der Waals surface area contributed by atoms with Gasteiger partial charge in [0.15, 0.2) is 11.5 Å². The summed E-state index contributed by atoms with van der Waals surface area (Å²) >= 11 is 0. The Bertz CT molecular complexity index is 1720. The van der Waals surface area contributed by atoms with Gasteiger partial charge in [0, 0.05) is 29.4 Å². The maximum atomic E-state index is 13.1. The standard InChI is InChI=1S/C27H27N5O9S/c1-38-17-5-7-19(24(12-17)41-9-8-33)29-30-20-13-23(40-3)21(14-22(20)39-2)31-32-26-25(42(35,36)37)11-15-10-16(28)4-6-18(15)27(26)34/h4-7,10-14,31,33H,8-9,28H2,1-3H3,(H,35,36,37)/b30-29+,32-26-. The van der Waals surface area contributed by atoms with E-state index in [1.807, 2.05) is 0 Å². The van der Waals surface area contributed by atoms with Crippen molar-refractivity contribution in [1.29, 1.82) is 0 Å². The second-order valence-corrected chi connectivity index (χ2v) is 9.95. The molecule has 1 aliphatic rings. The molecule has 220 valence electrons. The van der Waals surface area contributed by atoms with Crippen LogP contribution in [-0.4, -0.2) is 64.1 Å². The Morgan fingerprint density at radius 1 is 0.905 bits per heavy atom. The predicted molar refractivity (Wildman–Crippen MR) is 155 cm³/mol. The lowest BCUT2D eigenvalue weighted by Crippen LogP contribution is -2.27. The van der Waals surface area contributed by atoms with Crippen LogP contribution in [0.2, 0.25) is 0 Å². The van der Waals surface area contributed by atoms with Gasteiger partial charge >= 0.3 is 0 Å². The minimum absolute atomic E-state index is 0.0341. The van der Waals surface area contributed by atoms with Crippen LogP contribution in [0, 0.1) is 0 Å². The largest absolute Gasteiger partial charge is 0.497 e. The minimum atomic E-state index is -4.84. The maximum absolute atomic E-state index is 13.1. The summed E-state index contributed by atoms with van der Waals surface area (Å²) in [5.41, 5.74) is 9.29. The second-order valence-electron chi connectivity index (χ2n) is 8.56. The monoisotopic (exact) mass is 597 g/mol. The number of ether oxygens (including phenoxy) is 4. The Balaban J connectivity index is 1.70. The van der Waals surface area contributed by atoms with E-state index in [1.54, 1.807) is 18.2 Å². The fourth-order valence-corrected chi connectivity index (χ4v) is 4.56. The first-order valence-corrected chi connectivity index (χ1v) is 13.6. The average Bonchev–Trinajstić information content (AvgIpc) is 2.97. The van der Waals surface area contributed by atoms with Gasteiger partial charge < -0.3 is 29.8 Å². The van der Waals surface area contributed by atoms with Crippen molar-refractivity contribution >= 4 is 50.4 Å². The van der Waals surface area contributed by atoms with E-state index in [2.05, 4.69) is 20.8 Å². The summed E-state index contributed by atoms with van der Waals surface area (Å²) in [4.78, 5) is 12.4. The zero-order valence-corrected chi connectivity index (χ0v) is 23.5. The van der Waals surface area contributed by atoms with Crippen molar-refractivity contribution in [1.82, 2.24) is 0 Å². The van der Waals surface area contributed by atoms with E-state index in [0.717, 1.165) is 6.08 Å². The van der Waals surface area contributed by atoms with Crippen molar-refractivity contribution in [3.63, 3.8) is 0 Å². The van der Waals surface area contributed by atoms with Crippen molar-refractivity contribution in [3.8, 4) is 23.0 Å². The summed E-state index contributed by atoms with van der Waals surface area (Å²) in [6.45, 7) is -0.169. The molecule has 42 heavy (non-hydrogen) atoms. The maximum Gasteiger partial charge on any atom is 0.296 e. The lowest BCUT2D eigenvalue weighted by Gasteiger charge is -2.17. The molecule has 3 aromatic rings. The van der Waals surface area contributed by atoms with E-state index in [-0.39, 0.29) is 47.2 Å². The Kier molecular flexibility index (Phi) is 9.05. The lowest BCUT2D eigenvalue weighted by atomic mass is 9.94. The molecule has 0 amide bonds. The number of azo groups is 1. The van der Waals surface area contributed by atoms with Gasteiger partial charge in [-0.1, -0.05) is 0 Å². The molecule has 0 spiro atoms. The van der Waals surface area contributed by atoms with E-state index >= 15 is 0 Å². The number of carbonyl (C=O) groups is 1. The molecule has 0 heterocycles. The Labute approximate surface area is 240 Å². The molecule has 5 N–H and O–H groups in total. The van der Waals surface area contributed by atoms with E-state index in [9.17, 15) is 17.8 Å². The highest BCUT2D eigenvalue weighted by Gasteiger charge is 2.33. The molecule has 15 heteroatoms. The number of rotatable bonds is 11.